The van der Waals surface area contributed by atoms with E-state index in [2.05, 4.69) is 44.1 Å². The molecule has 7 nitrogen and oxygen atoms in total. The van der Waals surface area contributed by atoms with Crippen LogP contribution in [0.1, 0.15) is 35.8 Å². The summed E-state index contributed by atoms with van der Waals surface area (Å²) >= 11 is 0. The lowest BCUT2D eigenvalue weighted by molar-refractivity contribution is -0.0790. The van der Waals surface area contributed by atoms with E-state index in [0.29, 0.717) is 17.4 Å². The summed E-state index contributed by atoms with van der Waals surface area (Å²) in [6, 6.07) is 8.57. The molecule has 1 spiro atoms. The highest BCUT2D eigenvalue weighted by Crippen LogP contribution is 2.44. The maximum Gasteiger partial charge on any atom is 0.252 e. The Kier molecular flexibility index (Phi) is 3.53. The van der Waals surface area contributed by atoms with E-state index in [4.69, 9.17) is 14.1 Å². The first-order valence-electron chi connectivity index (χ1n) is 10.2. The van der Waals surface area contributed by atoms with Crippen LogP contribution in [0.2, 0.25) is 0 Å². The van der Waals surface area contributed by atoms with Gasteiger partial charge in [-0.15, -0.1) is 0 Å². The van der Waals surface area contributed by atoms with Crippen molar-refractivity contribution in [2.24, 2.45) is 0 Å². The molecule has 1 fully saturated rings. The van der Waals surface area contributed by atoms with Crippen molar-refractivity contribution in [3.63, 3.8) is 0 Å². The molecule has 4 aromatic rings. The van der Waals surface area contributed by atoms with Crippen LogP contribution in [0, 0.1) is 13.8 Å². The fourth-order valence-corrected chi connectivity index (χ4v) is 4.98. The van der Waals surface area contributed by atoms with Crippen LogP contribution in [-0.4, -0.2) is 39.6 Å². The number of rotatable bonds is 1. The van der Waals surface area contributed by atoms with E-state index in [1.807, 2.05) is 13.8 Å². The van der Waals surface area contributed by atoms with Crippen molar-refractivity contribution in [2.45, 2.75) is 38.7 Å². The van der Waals surface area contributed by atoms with Gasteiger partial charge in [-0.3, -0.25) is 0 Å². The minimum absolute atomic E-state index is 0.246. The van der Waals surface area contributed by atoms with Crippen molar-refractivity contribution in [3.05, 3.63) is 47.2 Å². The molecule has 2 aliphatic rings. The van der Waals surface area contributed by atoms with E-state index in [0.717, 1.165) is 50.3 Å². The molecular formula is C22H23N5O2. The number of nitrogens with one attached hydrogen (secondary N) is 1. The lowest BCUT2D eigenvalue weighted by atomic mass is 9.83. The van der Waals surface area contributed by atoms with Crippen LogP contribution in [0.15, 0.2) is 28.7 Å². The second kappa shape index (κ2) is 6.03. The Hall–Kier alpha value is -2.93. The molecule has 7 heteroatoms. The number of fused-ring (bicyclic) bond motifs is 5. The van der Waals surface area contributed by atoms with Gasteiger partial charge in [-0.25, -0.2) is 9.97 Å². The number of para-hydroxylation sites is 1. The Morgan fingerprint density at radius 2 is 1.90 bits per heavy atom. The quantitative estimate of drug-likeness (QED) is 0.534. The standard InChI is InChI=1S/C22H23N5O2/c1-13-23-20(18-21(24-13)29-14(2)25-18)27-10-8-22(9-11-27)19-16(7-12-28-22)15-5-3-4-6-17(15)26-19/h3-6,26H,7-12H2,1-2H3. The highest BCUT2D eigenvalue weighted by Gasteiger charge is 2.43. The molecule has 5 heterocycles. The van der Waals surface area contributed by atoms with Crippen LogP contribution in [0.5, 0.6) is 0 Å². The molecule has 0 amide bonds. The number of hydrogen-bond donors (Lipinski definition) is 1. The predicted octanol–water partition coefficient (Wildman–Crippen LogP) is 3.78. The molecule has 2 aliphatic heterocycles. The molecule has 1 aromatic carbocycles. The van der Waals surface area contributed by atoms with Gasteiger partial charge in [0.25, 0.3) is 5.71 Å². The number of benzene rings is 1. The highest BCUT2D eigenvalue weighted by molar-refractivity contribution is 5.85. The highest BCUT2D eigenvalue weighted by atomic mass is 16.5. The number of piperidine rings is 1. The Labute approximate surface area is 168 Å². The molecule has 0 bridgehead atoms. The number of aromatic nitrogens is 4. The first kappa shape index (κ1) is 17.0. The zero-order valence-electron chi connectivity index (χ0n) is 16.7. The van der Waals surface area contributed by atoms with Crippen LogP contribution < -0.4 is 4.90 Å². The van der Waals surface area contributed by atoms with Crippen molar-refractivity contribution in [1.29, 1.82) is 0 Å². The van der Waals surface area contributed by atoms with Crippen LogP contribution in [0.4, 0.5) is 5.82 Å². The predicted molar refractivity (Wildman–Crippen MR) is 110 cm³/mol. The van der Waals surface area contributed by atoms with Gasteiger partial charge in [-0.1, -0.05) is 18.2 Å². The number of H-pyrrole nitrogens is 1. The van der Waals surface area contributed by atoms with Crippen LogP contribution in [0.25, 0.3) is 22.1 Å². The van der Waals surface area contributed by atoms with Crippen molar-refractivity contribution >= 4 is 28.0 Å². The maximum atomic E-state index is 6.44. The zero-order valence-corrected chi connectivity index (χ0v) is 16.7. The molecule has 29 heavy (non-hydrogen) atoms. The maximum absolute atomic E-state index is 6.44. The summed E-state index contributed by atoms with van der Waals surface area (Å²) in [6.07, 6.45) is 2.79. The molecule has 6 rings (SSSR count). The van der Waals surface area contributed by atoms with Gasteiger partial charge in [-0.05, 0) is 37.8 Å². The van der Waals surface area contributed by atoms with Gasteiger partial charge >= 0.3 is 0 Å². The van der Waals surface area contributed by atoms with E-state index in [-0.39, 0.29) is 5.60 Å². The number of hydrogen-bond acceptors (Lipinski definition) is 6. The summed E-state index contributed by atoms with van der Waals surface area (Å²) in [5, 5.41) is 1.33. The smallest absolute Gasteiger partial charge is 0.252 e. The van der Waals surface area contributed by atoms with Crippen molar-refractivity contribution < 1.29 is 9.15 Å². The van der Waals surface area contributed by atoms with Gasteiger partial charge in [0.1, 0.15) is 11.4 Å². The third-order valence-corrected chi connectivity index (χ3v) is 6.33. The number of aryl methyl sites for hydroxylation is 2. The van der Waals surface area contributed by atoms with Gasteiger partial charge in [-0.2, -0.15) is 4.98 Å². The van der Waals surface area contributed by atoms with E-state index >= 15 is 0 Å². The normalized spacial score (nSPS) is 18.6. The summed E-state index contributed by atoms with van der Waals surface area (Å²) in [4.78, 5) is 19.6. The number of nitrogens with zero attached hydrogens (tertiary/aromatic N) is 4. The number of anilines is 1. The first-order valence-corrected chi connectivity index (χ1v) is 10.2. The first-order chi connectivity index (χ1) is 14.1. The SMILES string of the molecule is Cc1nc(N2CCC3(CC2)OCCc2c3[nH]c3ccccc23)c2nc(C)oc2n1. The largest absolute Gasteiger partial charge is 0.422 e. The van der Waals surface area contributed by atoms with E-state index in [1.54, 1.807) is 0 Å². The molecule has 0 saturated carbocycles. The molecule has 1 N–H and O–H groups in total. The Bertz CT molecular complexity index is 1230. The lowest BCUT2D eigenvalue weighted by Gasteiger charge is -2.44. The molecule has 0 unspecified atom stereocenters. The summed E-state index contributed by atoms with van der Waals surface area (Å²) in [6.45, 7) is 6.22. The van der Waals surface area contributed by atoms with E-state index in [9.17, 15) is 0 Å². The second-order valence-corrected chi connectivity index (χ2v) is 8.09. The second-order valence-electron chi connectivity index (χ2n) is 8.09. The molecule has 0 aliphatic carbocycles. The summed E-state index contributed by atoms with van der Waals surface area (Å²) in [5.74, 6) is 2.19. The zero-order chi connectivity index (χ0) is 19.6. The van der Waals surface area contributed by atoms with Crippen molar-refractivity contribution in [2.75, 3.05) is 24.6 Å². The summed E-state index contributed by atoms with van der Waals surface area (Å²) in [5.41, 5.74) is 4.97. The summed E-state index contributed by atoms with van der Waals surface area (Å²) < 4.78 is 12.1. The van der Waals surface area contributed by atoms with Crippen molar-refractivity contribution in [3.8, 4) is 0 Å². The van der Waals surface area contributed by atoms with Crippen molar-refractivity contribution in [1.82, 2.24) is 19.9 Å². The van der Waals surface area contributed by atoms with Gasteiger partial charge in [0.05, 0.1) is 12.3 Å². The lowest BCUT2D eigenvalue weighted by Crippen LogP contribution is -2.47. The topological polar surface area (TPSA) is 80.1 Å². The van der Waals surface area contributed by atoms with Gasteiger partial charge in [0, 0.05) is 30.9 Å². The van der Waals surface area contributed by atoms with Crippen LogP contribution >= 0.6 is 0 Å². The molecule has 3 aromatic heterocycles. The average Bonchev–Trinajstić information content (AvgIpc) is 3.29. The fraction of sp³-hybridized carbons (Fsp3) is 0.409. The van der Waals surface area contributed by atoms with Crippen LogP contribution in [0.3, 0.4) is 0 Å². The minimum atomic E-state index is -0.246. The van der Waals surface area contributed by atoms with E-state index in [1.165, 1.54) is 22.2 Å². The summed E-state index contributed by atoms with van der Waals surface area (Å²) in [7, 11) is 0. The molecule has 148 valence electrons. The van der Waals surface area contributed by atoms with Gasteiger partial charge in [0.2, 0.25) is 0 Å². The molecule has 1 saturated heterocycles. The molecular weight excluding hydrogens is 366 g/mol. The van der Waals surface area contributed by atoms with Gasteiger partial charge < -0.3 is 19.0 Å². The third kappa shape index (κ3) is 2.50. The third-order valence-electron chi connectivity index (χ3n) is 6.33. The minimum Gasteiger partial charge on any atom is -0.422 e. The van der Waals surface area contributed by atoms with Gasteiger partial charge in [0.15, 0.2) is 17.2 Å². The Morgan fingerprint density at radius 3 is 2.76 bits per heavy atom. The Morgan fingerprint density at radius 1 is 1.07 bits per heavy atom. The monoisotopic (exact) mass is 389 g/mol. The number of oxazole rings is 1. The molecule has 0 radical (unpaired) electrons. The number of ether oxygens (including phenoxy) is 1. The van der Waals surface area contributed by atoms with Crippen LogP contribution in [-0.2, 0) is 16.8 Å². The average molecular weight is 389 g/mol. The molecule has 0 atom stereocenters. The fourth-order valence-electron chi connectivity index (χ4n) is 4.98. The van der Waals surface area contributed by atoms with E-state index < -0.39 is 0 Å². The number of aromatic amines is 1. The Balaban J connectivity index is 1.36.